The molecule has 1 saturated carbocycles. The Morgan fingerprint density at radius 3 is 2.95 bits per heavy atom. The summed E-state index contributed by atoms with van der Waals surface area (Å²) in [6.45, 7) is 4.36. The molecule has 0 aliphatic heterocycles. The maximum Gasteiger partial charge on any atom is 0.306 e. The molecule has 1 fully saturated rings. The molecule has 1 heterocycles. The first kappa shape index (κ1) is 13.6. The summed E-state index contributed by atoms with van der Waals surface area (Å²) in [5.41, 5.74) is 0.864. The topological polar surface area (TPSA) is 84.3 Å². The van der Waals surface area contributed by atoms with Gasteiger partial charge in [0.05, 0.1) is 18.1 Å². The lowest BCUT2D eigenvalue weighted by Crippen LogP contribution is -2.19. The van der Waals surface area contributed by atoms with Crippen LogP contribution in [0.25, 0.3) is 0 Å². The molecule has 0 amide bonds. The summed E-state index contributed by atoms with van der Waals surface area (Å²) in [6, 6.07) is 0.157. The van der Waals surface area contributed by atoms with Crippen molar-refractivity contribution in [3.05, 3.63) is 11.9 Å². The van der Waals surface area contributed by atoms with Crippen LogP contribution in [0.1, 0.15) is 31.7 Å². The van der Waals surface area contributed by atoms with Crippen LogP contribution < -0.4 is 10.1 Å². The lowest BCUT2D eigenvalue weighted by molar-refractivity contribution is -0.141. The molecule has 1 aromatic heterocycles. The molecule has 0 aromatic carbocycles. The quantitative estimate of drug-likeness (QED) is 0.845. The Kier molecular flexibility index (Phi) is 4.19. The standard InChI is InChI=1S/C13H19N3O3/c1-3-19-12-8(2)11(14-7-15-12)16-10-5-4-9(6-10)13(17)18/h7,9-10H,3-6H2,1-2H3,(H,17,18)(H,14,15,16)/t9-,10+/m1/s1. The fourth-order valence-corrected chi connectivity index (χ4v) is 2.39. The molecule has 0 bridgehead atoms. The van der Waals surface area contributed by atoms with Gasteiger partial charge in [-0.05, 0) is 33.1 Å². The lowest BCUT2D eigenvalue weighted by Gasteiger charge is -2.16. The van der Waals surface area contributed by atoms with Crippen LogP contribution in [0.4, 0.5) is 5.82 Å². The average molecular weight is 265 g/mol. The van der Waals surface area contributed by atoms with E-state index in [9.17, 15) is 4.79 Å². The normalized spacial score (nSPS) is 22.2. The molecular formula is C13H19N3O3. The molecule has 0 unspecified atom stereocenters. The molecule has 2 atom stereocenters. The molecule has 0 radical (unpaired) electrons. The number of carbonyl (C=O) groups is 1. The number of carboxylic acid groups (broad SMARTS) is 1. The molecule has 1 aliphatic rings. The van der Waals surface area contributed by atoms with Crippen LogP contribution in [0.2, 0.25) is 0 Å². The zero-order valence-electron chi connectivity index (χ0n) is 11.2. The van der Waals surface area contributed by atoms with Crippen LogP contribution in [0.15, 0.2) is 6.33 Å². The molecule has 1 aromatic rings. The Balaban J connectivity index is 2.04. The van der Waals surface area contributed by atoms with Gasteiger partial charge >= 0.3 is 5.97 Å². The second kappa shape index (κ2) is 5.86. The van der Waals surface area contributed by atoms with Gasteiger partial charge in [-0.25, -0.2) is 9.97 Å². The van der Waals surface area contributed by atoms with E-state index in [1.54, 1.807) is 0 Å². The van der Waals surface area contributed by atoms with Crippen molar-refractivity contribution < 1.29 is 14.6 Å². The smallest absolute Gasteiger partial charge is 0.306 e. The van der Waals surface area contributed by atoms with E-state index in [-0.39, 0.29) is 12.0 Å². The van der Waals surface area contributed by atoms with Gasteiger partial charge in [0.15, 0.2) is 0 Å². The fourth-order valence-electron chi connectivity index (χ4n) is 2.39. The maximum atomic E-state index is 10.9. The van der Waals surface area contributed by atoms with Gasteiger partial charge in [0.25, 0.3) is 0 Å². The van der Waals surface area contributed by atoms with E-state index in [2.05, 4.69) is 15.3 Å². The van der Waals surface area contributed by atoms with Crippen LogP contribution in [-0.4, -0.2) is 33.7 Å². The number of nitrogens with zero attached hydrogens (tertiary/aromatic N) is 2. The minimum atomic E-state index is -0.710. The average Bonchev–Trinajstić information content (AvgIpc) is 2.83. The summed E-state index contributed by atoms with van der Waals surface area (Å²) in [7, 11) is 0. The van der Waals surface area contributed by atoms with Crippen molar-refractivity contribution in [2.75, 3.05) is 11.9 Å². The van der Waals surface area contributed by atoms with Crippen molar-refractivity contribution >= 4 is 11.8 Å². The van der Waals surface area contributed by atoms with Gasteiger partial charge in [-0.15, -0.1) is 0 Å². The zero-order valence-corrected chi connectivity index (χ0v) is 11.2. The number of hydrogen-bond acceptors (Lipinski definition) is 5. The molecule has 19 heavy (non-hydrogen) atoms. The second-order valence-corrected chi connectivity index (χ2v) is 4.77. The Labute approximate surface area is 112 Å². The van der Waals surface area contributed by atoms with Crippen LogP contribution in [0.3, 0.4) is 0 Å². The van der Waals surface area contributed by atoms with Gasteiger partial charge in [0.2, 0.25) is 5.88 Å². The molecule has 2 N–H and O–H groups in total. The minimum Gasteiger partial charge on any atom is -0.481 e. The van der Waals surface area contributed by atoms with E-state index >= 15 is 0 Å². The first-order valence-corrected chi connectivity index (χ1v) is 6.55. The number of hydrogen-bond donors (Lipinski definition) is 2. The maximum absolute atomic E-state index is 10.9. The first-order chi connectivity index (χ1) is 9.11. The highest BCUT2D eigenvalue weighted by molar-refractivity contribution is 5.70. The van der Waals surface area contributed by atoms with Gasteiger partial charge in [-0.3, -0.25) is 4.79 Å². The Morgan fingerprint density at radius 2 is 2.32 bits per heavy atom. The van der Waals surface area contributed by atoms with Crippen LogP contribution in [-0.2, 0) is 4.79 Å². The predicted octanol–water partition coefficient (Wildman–Crippen LogP) is 1.85. The highest BCUT2D eigenvalue weighted by Gasteiger charge is 2.30. The monoisotopic (exact) mass is 265 g/mol. The summed E-state index contributed by atoms with van der Waals surface area (Å²) >= 11 is 0. The number of ether oxygens (including phenoxy) is 1. The molecule has 6 nitrogen and oxygen atoms in total. The van der Waals surface area contributed by atoms with Crippen molar-refractivity contribution in [3.63, 3.8) is 0 Å². The summed E-state index contributed by atoms with van der Waals surface area (Å²) in [6.07, 6.45) is 3.67. The molecule has 6 heteroatoms. The predicted molar refractivity (Wildman–Crippen MR) is 70.3 cm³/mol. The molecule has 104 valence electrons. The molecular weight excluding hydrogens is 246 g/mol. The third-order valence-electron chi connectivity index (χ3n) is 3.44. The number of rotatable bonds is 5. The highest BCUT2D eigenvalue weighted by atomic mass is 16.5. The minimum absolute atomic E-state index is 0.157. The zero-order chi connectivity index (χ0) is 13.8. The van der Waals surface area contributed by atoms with Crippen molar-refractivity contribution in [1.29, 1.82) is 0 Å². The number of carboxylic acids is 1. The molecule has 0 saturated heterocycles. The number of anilines is 1. The Hall–Kier alpha value is -1.85. The lowest BCUT2D eigenvalue weighted by atomic mass is 10.1. The summed E-state index contributed by atoms with van der Waals surface area (Å²) in [5.74, 6) is 0.354. The Bertz CT molecular complexity index is 464. The Morgan fingerprint density at radius 1 is 1.53 bits per heavy atom. The molecule has 0 spiro atoms. The second-order valence-electron chi connectivity index (χ2n) is 4.77. The summed E-state index contributed by atoms with van der Waals surface area (Å²) in [5, 5.41) is 12.3. The van der Waals surface area contributed by atoms with Crippen molar-refractivity contribution in [3.8, 4) is 5.88 Å². The van der Waals surface area contributed by atoms with E-state index < -0.39 is 5.97 Å². The van der Waals surface area contributed by atoms with Gasteiger partial charge in [0.1, 0.15) is 12.1 Å². The largest absolute Gasteiger partial charge is 0.481 e. The van der Waals surface area contributed by atoms with E-state index in [1.807, 2.05) is 13.8 Å². The number of aromatic nitrogens is 2. The summed E-state index contributed by atoms with van der Waals surface area (Å²) < 4.78 is 5.42. The first-order valence-electron chi connectivity index (χ1n) is 6.55. The fraction of sp³-hybridized carbons (Fsp3) is 0.615. The van der Waals surface area contributed by atoms with Gasteiger partial charge in [0, 0.05) is 6.04 Å². The van der Waals surface area contributed by atoms with Crippen molar-refractivity contribution in [1.82, 2.24) is 9.97 Å². The van der Waals surface area contributed by atoms with E-state index in [0.717, 1.165) is 24.2 Å². The highest BCUT2D eigenvalue weighted by Crippen LogP contribution is 2.29. The van der Waals surface area contributed by atoms with Crippen LogP contribution in [0, 0.1) is 12.8 Å². The molecule has 1 aliphatic carbocycles. The number of aliphatic carboxylic acids is 1. The molecule has 2 rings (SSSR count). The van der Waals surface area contributed by atoms with E-state index in [0.29, 0.717) is 18.9 Å². The van der Waals surface area contributed by atoms with Crippen molar-refractivity contribution in [2.45, 2.75) is 39.2 Å². The van der Waals surface area contributed by atoms with Gasteiger partial charge in [-0.2, -0.15) is 0 Å². The van der Waals surface area contributed by atoms with Gasteiger partial charge in [-0.1, -0.05) is 0 Å². The van der Waals surface area contributed by atoms with Gasteiger partial charge < -0.3 is 15.2 Å². The third-order valence-corrected chi connectivity index (χ3v) is 3.44. The van der Waals surface area contributed by atoms with E-state index in [1.165, 1.54) is 6.33 Å². The summed E-state index contributed by atoms with van der Waals surface area (Å²) in [4.78, 5) is 19.2. The SMILES string of the molecule is CCOc1ncnc(N[C@H]2CC[C@@H](C(=O)O)C2)c1C. The van der Waals surface area contributed by atoms with Crippen LogP contribution >= 0.6 is 0 Å². The van der Waals surface area contributed by atoms with Crippen LogP contribution in [0.5, 0.6) is 5.88 Å². The number of nitrogens with one attached hydrogen (secondary N) is 1. The van der Waals surface area contributed by atoms with E-state index in [4.69, 9.17) is 9.84 Å². The van der Waals surface area contributed by atoms with Crippen molar-refractivity contribution in [2.24, 2.45) is 5.92 Å². The third kappa shape index (κ3) is 3.13.